The zero-order valence-electron chi connectivity index (χ0n) is 9.87. The topological polar surface area (TPSA) is 52.0 Å². The highest BCUT2D eigenvalue weighted by Gasteiger charge is 2.10. The number of rotatable bonds is 2. The Morgan fingerprint density at radius 1 is 1.25 bits per heavy atom. The normalized spacial score (nSPS) is 10.7. The Hall–Kier alpha value is -1.77. The molecule has 2 rings (SSSR count). The van der Waals surface area contributed by atoms with Gasteiger partial charge in [0, 0.05) is 11.6 Å². The summed E-state index contributed by atoms with van der Waals surface area (Å²) in [4.78, 5) is 0. The number of aryl methyl sites for hydroxylation is 2. The predicted octanol–water partition coefficient (Wildman–Crippen LogP) is 3.10. The quantitative estimate of drug-likeness (QED) is 0.839. The molecule has 0 bridgehead atoms. The van der Waals surface area contributed by atoms with Gasteiger partial charge in [0.25, 0.3) is 0 Å². The van der Waals surface area contributed by atoms with Crippen LogP contribution in [0.25, 0.3) is 11.3 Å². The summed E-state index contributed by atoms with van der Waals surface area (Å²) in [5.74, 6) is 1.17. The molecule has 1 heterocycles. The lowest BCUT2D eigenvalue weighted by atomic mass is 9.97. The zero-order valence-corrected chi connectivity index (χ0v) is 9.87. The van der Waals surface area contributed by atoms with Crippen molar-refractivity contribution < 1.29 is 4.52 Å². The Kier molecular flexibility index (Phi) is 2.69. The predicted molar refractivity (Wildman–Crippen MR) is 65.2 cm³/mol. The van der Waals surface area contributed by atoms with E-state index in [1.807, 2.05) is 0 Å². The van der Waals surface area contributed by atoms with E-state index in [2.05, 4.69) is 38.1 Å². The third-order valence-corrected chi connectivity index (χ3v) is 2.93. The van der Waals surface area contributed by atoms with Crippen LogP contribution in [0.1, 0.15) is 23.6 Å². The molecule has 0 atom stereocenters. The van der Waals surface area contributed by atoms with Crippen molar-refractivity contribution in [1.29, 1.82) is 0 Å². The largest absolute Gasteiger partial charge is 0.381 e. The molecule has 0 fully saturated rings. The molecule has 0 radical (unpaired) electrons. The lowest BCUT2D eigenvalue weighted by molar-refractivity contribution is 0.435. The molecule has 0 unspecified atom stereocenters. The Bertz CT molecular complexity index is 515. The van der Waals surface area contributed by atoms with Gasteiger partial charge in [0.1, 0.15) is 0 Å². The van der Waals surface area contributed by atoms with Crippen molar-refractivity contribution in [3.8, 4) is 11.3 Å². The van der Waals surface area contributed by atoms with Gasteiger partial charge in [-0.05, 0) is 43.0 Å². The van der Waals surface area contributed by atoms with Gasteiger partial charge in [-0.1, -0.05) is 18.1 Å². The van der Waals surface area contributed by atoms with Crippen LogP contribution >= 0.6 is 0 Å². The van der Waals surface area contributed by atoms with Gasteiger partial charge in [-0.2, -0.15) is 0 Å². The van der Waals surface area contributed by atoms with E-state index in [-0.39, 0.29) is 0 Å². The summed E-state index contributed by atoms with van der Waals surface area (Å²) in [7, 11) is 0. The molecule has 0 saturated heterocycles. The fourth-order valence-electron chi connectivity index (χ4n) is 1.81. The van der Waals surface area contributed by atoms with Crippen molar-refractivity contribution in [2.45, 2.75) is 27.2 Å². The van der Waals surface area contributed by atoms with Crippen LogP contribution in [0, 0.1) is 13.8 Å². The fraction of sp³-hybridized carbons (Fsp3) is 0.308. The van der Waals surface area contributed by atoms with Crippen molar-refractivity contribution in [3.05, 3.63) is 34.9 Å². The van der Waals surface area contributed by atoms with Crippen molar-refractivity contribution in [1.82, 2.24) is 5.16 Å². The van der Waals surface area contributed by atoms with E-state index in [0.29, 0.717) is 5.82 Å². The number of benzene rings is 1. The van der Waals surface area contributed by atoms with Crippen molar-refractivity contribution in [2.24, 2.45) is 0 Å². The maximum absolute atomic E-state index is 5.57. The van der Waals surface area contributed by atoms with Gasteiger partial charge >= 0.3 is 0 Å². The van der Waals surface area contributed by atoms with Crippen LogP contribution in [0.15, 0.2) is 22.7 Å². The number of nitrogens with two attached hydrogens (primary N) is 1. The first-order chi connectivity index (χ1) is 7.61. The number of aromatic nitrogens is 1. The SMILES string of the molecule is CCc1cc(C)c(C)c(-c2cc(N)no2)c1. The van der Waals surface area contributed by atoms with Gasteiger partial charge < -0.3 is 10.3 Å². The van der Waals surface area contributed by atoms with Crippen LogP contribution < -0.4 is 5.73 Å². The molecule has 0 aliphatic carbocycles. The second-order valence-electron chi connectivity index (χ2n) is 4.05. The standard InChI is InChI=1S/C13H16N2O/c1-4-10-5-8(2)9(3)11(6-10)12-7-13(14)15-16-12/h5-7H,4H2,1-3H3,(H2,14,15). The number of nitrogens with zero attached hydrogens (tertiary/aromatic N) is 1. The summed E-state index contributed by atoms with van der Waals surface area (Å²) < 4.78 is 5.21. The molecule has 3 nitrogen and oxygen atoms in total. The molecule has 1 aromatic heterocycles. The zero-order chi connectivity index (χ0) is 11.7. The summed E-state index contributed by atoms with van der Waals surface area (Å²) in [5.41, 5.74) is 10.4. The summed E-state index contributed by atoms with van der Waals surface area (Å²) in [6.45, 7) is 6.34. The Morgan fingerprint density at radius 2 is 2.00 bits per heavy atom. The summed E-state index contributed by atoms with van der Waals surface area (Å²) in [5, 5.41) is 3.72. The summed E-state index contributed by atoms with van der Waals surface area (Å²) in [6.07, 6.45) is 1.01. The van der Waals surface area contributed by atoms with E-state index in [1.165, 1.54) is 16.7 Å². The molecule has 0 spiro atoms. The second kappa shape index (κ2) is 4.00. The lowest BCUT2D eigenvalue weighted by Gasteiger charge is -2.08. The van der Waals surface area contributed by atoms with E-state index >= 15 is 0 Å². The van der Waals surface area contributed by atoms with E-state index in [4.69, 9.17) is 10.3 Å². The molecule has 16 heavy (non-hydrogen) atoms. The molecule has 3 heteroatoms. The maximum atomic E-state index is 5.57. The first-order valence-corrected chi connectivity index (χ1v) is 5.44. The van der Waals surface area contributed by atoms with Crippen LogP contribution in [0.4, 0.5) is 5.82 Å². The fourth-order valence-corrected chi connectivity index (χ4v) is 1.81. The average molecular weight is 216 g/mol. The number of nitrogen functional groups attached to an aromatic ring is 1. The minimum absolute atomic E-state index is 0.425. The van der Waals surface area contributed by atoms with Crippen molar-refractivity contribution in [2.75, 3.05) is 5.73 Å². The van der Waals surface area contributed by atoms with Crippen LogP contribution in [0.3, 0.4) is 0 Å². The Balaban J connectivity index is 2.59. The van der Waals surface area contributed by atoms with Crippen molar-refractivity contribution >= 4 is 5.82 Å². The molecular formula is C13H16N2O. The number of hydrogen-bond acceptors (Lipinski definition) is 3. The summed E-state index contributed by atoms with van der Waals surface area (Å²) in [6, 6.07) is 6.11. The molecule has 2 aromatic rings. The first kappa shape index (κ1) is 10.7. The van der Waals surface area contributed by atoms with Gasteiger partial charge in [0.15, 0.2) is 11.6 Å². The van der Waals surface area contributed by atoms with Crippen LogP contribution in [0.5, 0.6) is 0 Å². The van der Waals surface area contributed by atoms with E-state index < -0.39 is 0 Å². The molecule has 0 amide bonds. The van der Waals surface area contributed by atoms with Gasteiger partial charge in [-0.15, -0.1) is 0 Å². The van der Waals surface area contributed by atoms with Gasteiger partial charge in [0.05, 0.1) is 0 Å². The maximum Gasteiger partial charge on any atom is 0.169 e. The average Bonchev–Trinajstić information content (AvgIpc) is 2.68. The highest BCUT2D eigenvalue weighted by Crippen LogP contribution is 2.28. The van der Waals surface area contributed by atoms with E-state index in [9.17, 15) is 0 Å². The van der Waals surface area contributed by atoms with Crippen LogP contribution in [-0.4, -0.2) is 5.16 Å². The highest BCUT2D eigenvalue weighted by molar-refractivity contribution is 5.66. The molecule has 1 aromatic carbocycles. The van der Waals surface area contributed by atoms with Gasteiger partial charge in [-0.25, -0.2) is 0 Å². The van der Waals surface area contributed by atoms with E-state index in [0.717, 1.165) is 17.7 Å². The molecule has 2 N–H and O–H groups in total. The van der Waals surface area contributed by atoms with Crippen LogP contribution in [0.2, 0.25) is 0 Å². The molecular weight excluding hydrogens is 200 g/mol. The Morgan fingerprint density at radius 3 is 2.56 bits per heavy atom. The summed E-state index contributed by atoms with van der Waals surface area (Å²) >= 11 is 0. The molecule has 0 aliphatic rings. The number of hydrogen-bond donors (Lipinski definition) is 1. The minimum Gasteiger partial charge on any atom is -0.381 e. The second-order valence-corrected chi connectivity index (χ2v) is 4.05. The monoisotopic (exact) mass is 216 g/mol. The first-order valence-electron chi connectivity index (χ1n) is 5.44. The number of anilines is 1. The van der Waals surface area contributed by atoms with Crippen LogP contribution in [-0.2, 0) is 6.42 Å². The molecule has 0 aliphatic heterocycles. The third-order valence-electron chi connectivity index (χ3n) is 2.93. The van der Waals surface area contributed by atoms with Crippen molar-refractivity contribution in [3.63, 3.8) is 0 Å². The third kappa shape index (κ3) is 1.81. The van der Waals surface area contributed by atoms with E-state index in [1.54, 1.807) is 6.07 Å². The van der Waals surface area contributed by atoms with Gasteiger partial charge in [-0.3, -0.25) is 0 Å². The van der Waals surface area contributed by atoms with Gasteiger partial charge in [0.2, 0.25) is 0 Å². The molecule has 84 valence electrons. The minimum atomic E-state index is 0.425. The lowest BCUT2D eigenvalue weighted by Crippen LogP contribution is -1.90. The molecule has 0 saturated carbocycles. The highest BCUT2D eigenvalue weighted by atomic mass is 16.5. The Labute approximate surface area is 95.3 Å². The smallest absolute Gasteiger partial charge is 0.169 e.